The van der Waals surface area contributed by atoms with Crippen LogP contribution in [0, 0.1) is 0 Å². The van der Waals surface area contributed by atoms with Crippen LogP contribution in [0.1, 0.15) is 36.2 Å². The number of carbonyl (C=O) groups excluding carboxylic acids is 2. The number of thiazole rings is 1. The van der Waals surface area contributed by atoms with Crippen molar-refractivity contribution in [3.05, 3.63) is 69.5 Å². The number of nitrogens with zero attached hydrogens (tertiary/aromatic N) is 1. The minimum Gasteiger partial charge on any atom is -0.354 e. The molecule has 3 aromatic rings. The zero-order valence-electron chi connectivity index (χ0n) is 16.2. The normalized spacial score (nSPS) is 11.7. The minimum absolute atomic E-state index is 0.0140. The third-order valence-corrected chi connectivity index (χ3v) is 5.09. The fourth-order valence-corrected chi connectivity index (χ4v) is 3.54. The monoisotopic (exact) mass is 410 g/mol. The van der Waals surface area contributed by atoms with Crippen molar-refractivity contribution >= 4 is 28.3 Å². The van der Waals surface area contributed by atoms with Gasteiger partial charge in [-0.1, -0.05) is 24.3 Å². The quantitative estimate of drug-likeness (QED) is 0.556. The first kappa shape index (κ1) is 20.5. The van der Waals surface area contributed by atoms with Gasteiger partial charge < -0.3 is 10.3 Å². The van der Waals surface area contributed by atoms with Crippen molar-refractivity contribution in [2.75, 3.05) is 5.32 Å². The van der Waals surface area contributed by atoms with Gasteiger partial charge in [-0.2, -0.15) is 0 Å². The summed E-state index contributed by atoms with van der Waals surface area (Å²) in [5.41, 5.74) is 3.03. The van der Waals surface area contributed by atoms with E-state index in [0.29, 0.717) is 10.7 Å². The van der Waals surface area contributed by atoms with Crippen molar-refractivity contribution in [3.8, 4) is 11.3 Å². The maximum absolute atomic E-state index is 12.2. The summed E-state index contributed by atoms with van der Waals surface area (Å²) in [6, 6.07) is 11.0. The molecule has 3 N–H and O–H groups in total. The molecule has 7 nitrogen and oxygen atoms in total. The Morgan fingerprint density at radius 3 is 2.59 bits per heavy atom. The molecule has 29 heavy (non-hydrogen) atoms. The first-order valence-corrected chi connectivity index (χ1v) is 10.1. The predicted octanol–water partition coefficient (Wildman–Crippen LogP) is 3.21. The van der Waals surface area contributed by atoms with E-state index in [0.717, 1.165) is 24.1 Å². The summed E-state index contributed by atoms with van der Waals surface area (Å²) in [6.07, 6.45) is 3.12. The van der Waals surface area contributed by atoms with Crippen LogP contribution in [0.2, 0.25) is 0 Å². The van der Waals surface area contributed by atoms with Gasteiger partial charge in [0.1, 0.15) is 0 Å². The fraction of sp³-hybridized carbons (Fsp3) is 0.238. The summed E-state index contributed by atoms with van der Waals surface area (Å²) < 4.78 is 0. The van der Waals surface area contributed by atoms with Gasteiger partial charge in [-0.05, 0) is 31.4 Å². The Labute approximate surface area is 172 Å². The molecule has 0 saturated heterocycles. The number of aryl methyl sites for hydroxylation is 1. The summed E-state index contributed by atoms with van der Waals surface area (Å²) in [6.45, 7) is 3.52. The van der Waals surface area contributed by atoms with Crippen LogP contribution < -0.4 is 16.2 Å². The third kappa shape index (κ3) is 5.86. The lowest BCUT2D eigenvalue weighted by Gasteiger charge is -2.12. The summed E-state index contributed by atoms with van der Waals surface area (Å²) in [5.74, 6) is -0.342. The van der Waals surface area contributed by atoms with Crippen LogP contribution in [-0.4, -0.2) is 27.8 Å². The number of hydrogen-bond donors (Lipinski definition) is 3. The SMILES string of the molecule is CC(=O)N[C@@H](C)CCc1ccc(-c2csc(NC(=O)c3ccc(=O)[nH]c3)n2)cc1. The molecule has 0 aliphatic heterocycles. The molecular weight excluding hydrogens is 388 g/mol. The lowest BCUT2D eigenvalue weighted by molar-refractivity contribution is -0.119. The number of benzene rings is 1. The van der Waals surface area contributed by atoms with Gasteiger partial charge in [-0.3, -0.25) is 19.7 Å². The number of aromatic nitrogens is 2. The number of carbonyl (C=O) groups is 2. The van der Waals surface area contributed by atoms with Crippen LogP contribution in [0.15, 0.2) is 52.8 Å². The van der Waals surface area contributed by atoms with E-state index in [1.54, 1.807) is 0 Å². The molecule has 0 unspecified atom stereocenters. The van der Waals surface area contributed by atoms with E-state index in [9.17, 15) is 14.4 Å². The van der Waals surface area contributed by atoms with Crippen molar-refractivity contribution < 1.29 is 9.59 Å². The molecule has 0 aliphatic rings. The molecule has 0 fully saturated rings. The highest BCUT2D eigenvalue weighted by Crippen LogP contribution is 2.25. The number of H-pyrrole nitrogens is 1. The summed E-state index contributed by atoms with van der Waals surface area (Å²) in [7, 11) is 0. The Kier molecular flexibility index (Phi) is 6.56. The average Bonchev–Trinajstić information content (AvgIpc) is 3.15. The zero-order valence-corrected chi connectivity index (χ0v) is 17.0. The average molecular weight is 410 g/mol. The Morgan fingerprint density at radius 1 is 1.17 bits per heavy atom. The minimum atomic E-state index is -0.328. The maximum Gasteiger partial charge on any atom is 0.258 e. The van der Waals surface area contributed by atoms with Gasteiger partial charge in [0.05, 0.1) is 11.3 Å². The molecule has 2 amide bonds. The van der Waals surface area contributed by atoms with E-state index < -0.39 is 0 Å². The Morgan fingerprint density at radius 2 is 1.93 bits per heavy atom. The predicted molar refractivity (Wildman–Crippen MR) is 114 cm³/mol. The number of pyridine rings is 1. The highest BCUT2D eigenvalue weighted by molar-refractivity contribution is 7.14. The first-order valence-electron chi connectivity index (χ1n) is 9.23. The van der Waals surface area contributed by atoms with Crippen molar-refractivity contribution in [2.24, 2.45) is 0 Å². The van der Waals surface area contributed by atoms with E-state index in [2.05, 4.69) is 20.6 Å². The molecule has 2 heterocycles. The largest absolute Gasteiger partial charge is 0.354 e. The molecular formula is C21H22N4O3S. The third-order valence-electron chi connectivity index (χ3n) is 4.34. The molecule has 1 aromatic carbocycles. The van der Waals surface area contributed by atoms with E-state index in [4.69, 9.17) is 0 Å². The van der Waals surface area contributed by atoms with E-state index in [1.165, 1.54) is 42.2 Å². The Bertz CT molecular complexity index is 1040. The molecule has 0 aliphatic carbocycles. The maximum atomic E-state index is 12.2. The Balaban J connectivity index is 1.59. The van der Waals surface area contributed by atoms with Crippen LogP contribution in [-0.2, 0) is 11.2 Å². The van der Waals surface area contributed by atoms with Crippen molar-refractivity contribution in [1.82, 2.24) is 15.3 Å². The molecule has 3 rings (SSSR count). The number of aromatic amines is 1. The molecule has 150 valence electrons. The van der Waals surface area contributed by atoms with Gasteiger partial charge >= 0.3 is 0 Å². The summed E-state index contributed by atoms with van der Waals surface area (Å²) in [4.78, 5) is 41.3. The lowest BCUT2D eigenvalue weighted by atomic mass is 10.0. The van der Waals surface area contributed by atoms with Crippen LogP contribution in [0.5, 0.6) is 0 Å². The van der Waals surface area contributed by atoms with Gasteiger partial charge in [0.25, 0.3) is 5.91 Å². The second-order valence-corrected chi connectivity index (χ2v) is 7.63. The molecule has 8 heteroatoms. The summed E-state index contributed by atoms with van der Waals surface area (Å²) in [5, 5.41) is 8.00. The molecule has 0 saturated carbocycles. The second kappa shape index (κ2) is 9.29. The number of hydrogen-bond acceptors (Lipinski definition) is 5. The standard InChI is InChI=1S/C21H22N4O3S/c1-13(23-14(2)26)3-4-15-5-7-16(8-6-15)18-12-29-21(24-18)25-20(28)17-9-10-19(27)22-11-17/h5-13H,3-4H2,1-2H3,(H,22,27)(H,23,26)(H,24,25,28)/t13-/m0/s1. The van der Waals surface area contributed by atoms with Crippen molar-refractivity contribution in [3.63, 3.8) is 0 Å². The van der Waals surface area contributed by atoms with E-state index in [-0.39, 0.29) is 23.4 Å². The molecule has 0 radical (unpaired) electrons. The fourth-order valence-electron chi connectivity index (χ4n) is 2.83. The van der Waals surface area contributed by atoms with Gasteiger partial charge in [-0.15, -0.1) is 11.3 Å². The highest BCUT2D eigenvalue weighted by Gasteiger charge is 2.10. The topological polar surface area (TPSA) is 104 Å². The molecule has 2 aromatic heterocycles. The lowest BCUT2D eigenvalue weighted by Crippen LogP contribution is -2.30. The number of nitrogens with one attached hydrogen (secondary N) is 3. The Hall–Kier alpha value is -3.26. The number of amides is 2. The van der Waals surface area contributed by atoms with Crippen LogP contribution >= 0.6 is 11.3 Å². The second-order valence-electron chi connectivity index (χ2n) is 6.77. The van der Waals surface area contributed by atoms with Crippen molar-refractivity contribution in [2.45, 2.75) is 32.7 Å². The van der Waals surface area contributed by atoms with Gasteiger partial charge in [-0.25, -0.2) is 4.98 Å². The molecule has 0 spiro atoms. The first-order chi connectivity index (χ1) is 13.9. The van der Waals surface area contributed by atoms with Crippen molar-refractivity contribution in [1.29, 1.82) is 0 Å². The van der Waals surface area contributed by atoms with Crippen LogP contribution in [0.25, 0.3) is 11.3 Å². The van der Waals surface area contributed by atoms with Gasteiger partial charge in [0.2, 0.25) is 11.5 Å². The van der Waals surface area contributed by atoms with Crippen LogP contribution in [0.4, 0.5) is 5.13 Å². The molecule has 0 bridgehead atoms. The highest BCUT2D eigenvalue weighted by atomic mass is 32.1. The van der Waals surface area contributed by atoms with E-state index >= 15 is 0 Å². The molecule has 1 atom stereocenters. The van der Waals surface area contributed by atoms with E-state index in [1.807, 2.05) is 36.6 Å². The number of anilines is 1. The summed E-state index contributed by atoms with van der Waals surface area (Å²) >= 11 is 1.34. The van der Waals surface area contributed by atoms with Gasteiger partial charge in [0, 0.05) is 36.2 Å². The smallest absolute Gasteiger partial charge is 0.258 e. The zero-order chi connectivity index (χ0) is 20.8. The van der Waals surface area contributed by atoms with Gasteiger partial charge in [0.15, 0.2) is 5.13 Å². The van der Waals surface area contributed by atoms with Crippen LogP contribution in [0.3, 0.4) is 0 Å². The number of rotatable bonds is 7.